The molecule has 0 aliphatic carbocycles. The fourth-order valence-corrected chi connectivity index (χ4v) is 5.06. The van der Waals surface area contributed by atoms with E-state index in [9.17, 15) is 19.5 Å². The van der Waals surface area contributed by atoms with Crippen molar-refractivity contribution < 1.29 is 19.5 Å². The highest BCUT2D eigenvalue weighted by molar-refractivity contribution is 7.15. The highest BCUT2D eigenvalue weighted by atomic mass is 35.5. The molecular formula is C25H22ClN5O4S. The van der Waals surface area contributed by atoms with Gasteiger partial charge < -0.3 is 15.7 Å². The lowest BCUT2D eigenvalue weighted by Gasteiger charge is -2.11. The first-order valence-corrected chi connectivity index (χ1v) is 12.1. The number of carboxylic acids is 1. The van der Waals surface area contributed by atoms with Gasteiger partial charge in [-0.25, -0.2) is 4.79 Å². The average molecular weight is 524 g/mol. The van der Waals surface area contributed by atoms with Crippen LogP contribution in [0, 0.1) is 13.8 Å². The van der Waals surface area contributed by atoms with Gasteiger partial charge in [-0.05, 0) is 49.7 Å². The second-order valence-electron chi connectivity index (χ2n) is 7.99. The molecule has 0 radical (unpaired) electrons. The topological polar surface area (TPSA) is 126 Å². The normalized spacial score (nSPS) is 10.8. The molecule has 3 N–H and O–H groups in total. The number of hydrogen-bond donors (Lipinski definition) is 3. The summed E-state index contributed by atoms with van der Waals surface area (Å²) >= 11 is 7.41. The molecule has 2 heterocycles. The zero-order chi connectivity index (χ0) is 25.8. The van der Waals surface area contributed by atoms with Gasteiger partial charge in [0.2, 0.25) is 0 Å². The van der Waals surface area contributed by atoms with Crippen molar-refractivity contribution in [2.24, 2.45) is 0 Å². The summed E-state index contributed by atoms with van der Waals surface area (Å²) in [6, 6.07) is 15.2. The van der Waals surface area contributed by atoms with Crippen molar-refractivity contribution in [1.82, 2.24) is 20.1 Å². The molecule has 4 rings (SSSR count). The lowest BCUT2D eigenvalue weighted by molar-refractivity contribution is -0.136. The maximum absolute atomic E-state index is 13.4. The molecule has 0 fully saturated rings. The van der Waals surface area contributed by atoms with Gasteiger partial charge in [0.25, 0.3) is 0 Å². The number of nitrogens with one attached hydrogen (secondary N) is 2. The SMILES string of the molecule is Cc1cccc(NC(=O)NCc2nnc(C)n2-c2sc(CC(=O)O)cc2C(=O)c2ccccc2Cl)c1. The molecule has 0 saturated heterocycles. The molecular weight excluding hydrogens is 502 g/mol. The van der Waals surface area contributed by atoms with Crippen molar-refractivity contribution in [2.75, 3.05) is 5.32 Å². The quantitative estimate of drug-likeness (QED) is 0.285. The van der Waals surface area contributed by atoms with Gasteiger partial charge in [0.1, 0.15) is 10.8 Å². The molecule has 2 aromatic heterocycles. The van der Waals surface area contributed by atoms with Crippen molar-refractivity contribution in [3.8, 4) is 5.00 Å². The van der Waals surface area contributed by atoms with Crippen LogP contribution in [0.5, 0.6) is 0 Å². The Balaban J connectivity index is 1.65. The van der Waals surface area contributed by atoms with Crippen molar-refractivity contribution in [1.29, 1.82) is 0 Å². The number of ketones is 1. The van der Waals surface area contributed by atoms with Gasteiger partial charge >= 0.3 is 12.0 Å². The predicted octanol–water partition coefficient (Wildman–Crippen LogP) is 4.78. The number of rotatable bonds is 8. The van der Waals surface area contributed by atoms with Crippen LogP contribution in [0.4, 0.5) is 10.5 Å². The van der Waals surface area contributed by atoms with Crippen molar-refractivity contribution in [3.63, 3.8) is 0 Å². The van der Waals surface area contributed by atoms with Crippen molar-refractivity contribution in [2.45, 2.75) is 26.8 Å². The number of halogens is 1. The molecule has 2 amide bonds. The highest BCUT2D eigenvalue weighted by Crippen LogP contribution is 2.32. The van der Waals surface area contributed by atoms with E-state index in [0.29, 0.717) is 32.8 Å². The molecule has 2 aromatic carbocycles. The number of carboxylic acid groups (broad SMARTS) is 1. The molecule has 184 valence electrons. The van der Waals surface area contributed by atoms with Gasteiger partial charge in [0, 0.05) is 16.1 Å². The minimum absolute atomic E-state index is 0.0182. The second kappa shape index (κ2) is 10.7. The molecule has 0 spiro atoms. The number of carbonyl (C=O) groups excluding carboxylic acids is 2. The van der Waals surface area contributed by atoms with Gasteiger partial charge in [-0.3, -0.25) is 14.2 Å². The molecule has 11 heteroatoms. The van der Waals surface area contributed by atoms with Crippen LogP contribution in [-0.4, -0.2) is 37.7 Å². The van der Waals surface area contributed by atoms with Crippen LogP contribution in [0.25, 0.3) is 5.00 Å². The van der Waals surface area contributed by atoms with Crippen LogP contribution in [0.1, 0.15) is 38.0 Å². The van der Waals surface area contributed by atoms with Crippen LogP contribution in [-0.2, 0) is 17.8 Å². The Morgan fingerprint density at radius 2 is 1.81 bits per heavy atom. The van der Waals surface area contributed by atoms with Crippen LogP contribution in [0.2, 0.25) is 5.02 Å². The summed E-state index contributed by atoms with van der Waals surface area (Å²) in [6.07, 6.45) is -0.249. The molecule has 4 aromatic rings. The van der Waals surface area contributed by atoms with Crippen LogP contribution < -0.4 is 10.6 Å². The molecule has 0 saturated carbocycles. The van der Waals surface area contributed by atoms with E-state index in [1.807, 2.05) is 25.1 Å². The van der Waals surface area contributed by atoms with E-state index in [4.69, 9.17) is 11.6 Å². The Bertz CT molecular complexity index is 1460. The fourth-order valence-electron chi connectivity index (χ4n) is 3.63. The first-order chi connectivity index (χ1) is 17.2. The lowest BCUT2D eigenvalue weighted by Crippen LogP contribution is -2.29. The largest absolute Gasteiger partial charge is 0.481 e. The number of anilines is 1. The minimum atomic E-state index is -1.02. The summed E-state index contributed by atoms with van der Waals surface area (Å²) in [5, 5.41) is 23.8. The zero-order valence-corrected chi connectivity index (χ0v) is 21.0. The van der Waals surface area contributed by atoms with Gasteiger partial charge in [-0.1, -0.05) is 35.9 Å². The van der Waals surface area contributed by atoms with Crippen LogP contribution >= 0.6 is 22.9 Å². The van der Waals surface area contributed by atoms with E-state index in [1.54, 1.807) is 47.9 Å². The minimum Gasteiger partial charge on any atom is -0.481 e. The van der Waals surface area contributed by atoms with Crippen molar-refractivity contribution >= 4 is 46.4 Å². The average Bonchev–Trinajstić information content (AvgIpc) is 3.39. The summed E-state index contributed by atoms with van der Waals surface area (Å²) in [5.41, 5.74) is 2.23. The smallest absolute Gasteiger partial charge is 0.319 e. The Labute approximate surface area is 215 Å². The monoisotopic (exact) mass is 523 g/mol. The second-order valence-corrected chi connectivity index (χ2v) is 9.51. The van der Waals surface area contributed by atoms with E-state index >= 15 is 0 Å². The maximum Gasteiger partial charge on any atom is 0.319 e. The third-order valence-electron chi connectivity index (χ3n) is 5.23. The number of thiophene rings is 1. The third-order valence-corrected chi connectivity index (χ3v) is 6.68. The molecule has 0 bridgehead atoms. The van der Waals surface area contributed by atoms with Gasteiger partial charge in [-0.15, -0.1) is 21.5 Å². The summed E-state index contributed by atoms with van der Waals surface area (Å²) in [7, 11) is 0. The predicted molar refractivity (Wildman–Crippen MR) is 137 cm³/mol. The number of aromatic nitrogens is 3. The Hall–Kier alpha value is -4.02. The molecule has 0 atom stereocenters. The number of carbonyl (C=O) groups is 3. The zero-order valence-electron chi connectivity index (χ0n) is 19.4. The molecule has 0 unspecified atom stereocenters. The van der Waals surface area contributed by atoms with E-state index in [-0.39, 0.29) is 29.3 Å². The first-order valence-electron chi connectivity index (χ1n) is 10.9. The number of aliphatic carboxylic acids is 1. The first kappa shape index (κ1) is 25.1. The fraction of sp³-hybridized carbons (Fsp3) is 0.160. The summed E-state index contributed by atoms with van der Waals surface area (Å²) in [6.45, 7) is 3.66. The summed E-state index contributed by atoms with van der Waals surface area (Å²) in [4.78, 5) is 37.8. The third kappa shape index (κ3) is 5.61. The standard InChI is InChI=1S/C25H22ClN5O4S/c1-14-6-5-7-16(10-14)28-25(35)27-13-21-30-29-15(2)31(21)24-19(11-17(36-24)12-22(32)33)23(34)18-8-3-4-9-20(18)26/h3-11H,12-13H2,1-2H3,(H,32,33)(H2,27,28,35). The Morgan fingerprint density at radius 1 is 1.03 bits per heavy atom. The number of benzene rings is 2. The van der Waals surface area contributed by atoms with Gasteiger partial charge in [0.15, 0.2) is 11.6 Å². The van der Waals surface area contributed by atoms with Gasteiger partial charge in [0.05, 0.1) is 23.6 Å². The Morgan fingerprint density at radius 3 is 2.53 bits per heavy atom. The number of aryl methyl sites for hydroxylation is 2. The lowest BCUT2D eigenvalue weighted by atomic mass is 10.0. The van der Waals surface area contributed by atoms with E-state index in [2.05, 4.69) is 20.8 Å². The maximum atomic E-state index is 13.4. The summed E-state index contributed by atoms with van der Waals surface area (Å²) in [5.74, 6) is -0.519. The molecule has 36 heavy (non-hydrogen) atoms. The van der Waals surface area contributed by atoms with E-state index in [0.717, 1.165) is 16.9 Å². The number of urea groups is 1. The molecule has 9 nitrogen and oxygen atoms in total. The number of nitrogens with zero attached hydrogens (tertiary/aromatic N) is 3. The van der Waals surface area contributed by atoms with Crippen LogP contribution in [0.3, 0.4) is 0 Å². The van der Waals surface area contributed by atoms with E-state index in [1.165, 1.54) is 0 Å². The summed E-state index contributed by atoms with van der Waals surface area (Å²) < 4.78 is 1.65. The Kier molecular flexibility index (Phi) is 7.47. The number of amides is 2. The van der Waals surface area contributed by atoms with Crippen molar-refractivity contribution in [3.05, 3.63) is 92.8 Å². The van der Waals surface area contributed by atoms with E-state index < -0.39 is 12.0 Å². The highest BCUT2D eigenvalue weighted by Gasteiger charge is 2.24. The molecule has 0 aliphatic heterocycles. The number of hydrogen-bond acceptors (Lipinski definition) is 6. The van der Waals surface area contributed by atoms with Crippen LogP contribution in [0.15, 0.2) is 54.6 Å². The molecule has 0 aliphatic rings. The van der Waals surface area contributed by atoms with Gasteiger partial charge in [-0.2, -0.15) is 0 Å².